The number of piperidine rings is 1. The van der Waals surface area contributed by atoms with Gasteiger partial charge in [0.05, 0.1) is 31.1 Å². The molecule has 1 aliphatic carbocycles. The molecule has 1 saturated heterocycles. The number of nitrogens with zero attached hydrogens (tertiary/aromatic N) is 5. The lowest BCUT2D eigenvalue weighted by atomic mass is 10.1. The van der Waals surface area contributed by atoms with Crippen LogP contribution in [0.2, 0.25) is 0 Å². The molecule has 48 heavy (non-hydrogen) atoms. The summed E-state index contributed by atoms with van der Waals surface area (Å²) in [5, 5.41) is 48.5. The molecule has 5 rings (SSSR count). The summed E-state index contributed by atoms with van der Waals surface area (Å²) in [7, 11) is 0. The van der Waals surface area contributed by atoms with Gasteiger partial charge in [-0.3, -0.25) is 4.79 Å². The van der Waals surface area contributed by atoms with Crippen molar-refractivity contribution in [3.05, 3.63) is 42.2 Å². The molecule has 0 radical (unpaired) electrons. The van der Waals surface area contributed by atoms with Crippen LogP contribution >= 0.6 is 0 Å². The molecule has 1 saturated carbocycles. The van der Waals surface area contributed by atoms with Crippen LogP contribution in [-0.2, 0) is 16.0 Å². The fourth-order valence-corrected chi connectivity index (χ4v) is 5.84. The zero-order valence-corrected chi connectivity index (χ0v) is 26.6. The Labute approximate surface area is 275 Å². The molecule has 14 nitrogen and oxygen atoms in total. The molecule has 2 aliphatic rings. The Balaban J connectivity index is 0.000000671. The van der Waals surface area contributed by atoms with Crippen LogP contribution in [-0.4, -0.2) is 120 Å². The first-order valence-electron chi connectivity index (χ1n) is 16.0. The van der Waals surface area contributed by atoms with Crippen LogP contribution in [0, 0.1) is 0 Å². The molecule has 3 aromatic rings. The number of nitrogens with one attached hydrogen (secondary N) is 3. The van der Waals surface area contributed by atoms with Gasteiger partial charge >= 0.3 is 12.1 Å². The monoisotopic (exact) mass is 680 g/mol. The highest BCUT2D eigenvalue weighted by Crippen LogP contribution is 2.34. The number of benzene rings is 1. The summed E-state index contributed by atoms with van der Waals surface area (Å²) in [4.78, 5) is 37.5. The Kier molecular flexibility index (Phi) is 12.9. The first-order chi connectivity index (χ1) is 22.9. The molecule has 1 aromatic carbocycles. The van der Waals surface area contributed by atoms with Crippen molar-refractivity contribution in [2.24, 2.45) is 0 Å². The third kappa shape index (κ3) is 9.74. The third-order valence-electron chi connectivity index (χ3n) is 8.39. The van der Waals surface area contributed by atoms with Gasteiger partial charge in [-0.15, -0.1) is 0 Å². The van der Waals surface area contributed by atoms with Gasteiger partial charge in [-0.1, -0.05) is 43.7 Å². The maximum Gasteiger partial charge on any atom is 0.490 e. The highest BCUT2D eigenvalue weighted by molar-refractivity contribution is 5.84. The van der Waals surface area contributed by atoms with Gasteiger partial charge in [0.15, 0.2) is 17.0 Å². The number of imidazole rings is 1. The molecule has 1 amide bonds. The number of fused-ring (bicyclic) bond motifs is 1. The molecule has 2 aromatic heterocycles. The number of hydrogen-bond donors (Lipinski definition) is 7. The van der Waals surface area contributed by atoms with Crippen LogP contribution in [0.4, 0.5) is 24.9 Å². The van der Waals surface area contributed by atoms with Crippen molar-refractivity contribution in [3.8, 4) is 0 Å². The molecular weight excluding hydrogens is 637 g/mol. The van der Waals surface area contributed by atoms with E-state index in [9.17, 15) is 33.3 Å². The second kappa shape index (κ2) is 16.9. The van der Waals surface area contributed by atoms with Crippen molar-refractivity contribution in [1.82, 2.24) is 29.7 Å². The summed E-state index contributed by atoms with van der Waals surface area (Å²) in [5.41, 5.74) is 2.08. The summed E-state index contributed by atoms with van der Waals surface area (Å²) in [6.07, 6.45) is -0.782. The Hall–Kier alpha value is -4.06. The van der Waals surface area contributed by atoms with E-state index in [-0.39, 0.29) is 18.6 Å². The largest absolute Gasteiger partial charge is 0.490 e. The summed E-state index contributed by atoms with van der Waals surface area (Å²) in [6, 6.07) is 8.50. The lowest BCUT2D eigenvalue weighted by Crippen LogP contribution is -2.42. The van der Waals surface area contributed by atoms with Crippen LogP contribution in [0.5, 0.6) is 0 Å². The van der Waals surface area contributed by atoms with Crippen molar-refractivity contribution in [1.29, 1.82) is 0 Å². The van der Waals surface area contributed by atoms with E-state index >= 15 is 0 Å². The standard InChI is InChI=1S/C29H42N8O4.C2HF3O2/c1-2-23(39)33-21-16-22(26(41)25(21)40)37-18-31-24-27(32-20(17-38)15-19-9-5-3-6-10-19)34-29(35-28(24)37)30-11-14-36-12-7-4-8-13-36;3-2(4,5)1(6)7/h3,5-6,9-10,18,20-22,25-26,38,40-41H,2,4,7-8,11-17H2,1H3,(H,33,39)(H2,30,32,34,35);(H,6,7)/t20-,21-,22+,25+,26-;/m0./s1. The number of aromatic nitrogens is 4. The summed E-state index contributed by atoms with van der Waals surface area (Å²) in [6.45, 7) is 5.38. The number of halogens is 3. The van der Waals surface area contributed by atoms with E-state index in [0.717, 1.165) is 25.2 Å². The molecular formula is C31H43F3N8O6. The number of carbonyl (C=O) groups excluding carboxylic acids is 1. The Morgan fingerprint density at radius 2 is 1.75 bits per heavy atom. The Bertz CT molecular complexity index is 1490. The number of aliphatic hydroxyl groups is 3. The molecule has 1 aliphatic heterocycles. The number of carboxylic acids is 1. The number of likely N-dealkylation sites (tertiary alicyclic amines) is 1. The smallest absolute Gasteiger partial charge is 0.475 e. The van der Waals surface area contributed by atoms with Gasteiger partial charge in [0.2, 0.25) is 11.9 Å². The summed E-state index contributed by atoms with van der Waals surface area (Å²) < 4.78 is 33.5. The van der Waals surface area contributed by atoms with E-state index in [1.165, 1.54) is 19.3 Å². The second-order valence-corrected chi connectivity index (χ2v) is 11.9. The number of rotatable bonds is 12. The van der Waals surface area contributed by atoms with Crippen molar-refractivity contribution in [2.45, 2.75) is 82.0 Å². The highest BCUT2D eigenvalue weighted by Gasteiger charge is 2.44. The fourth-order valence-electron chi connectivity index (χ4n) is 5.84. The molecule has 264 valence electrons. The van der Waals surface area contributed by atoms with Gasteiger partial charge in [0.1, 0.15) is 12.2 Å². The molecule has 7 N–H and O–H groups in total. The maximum absolute atomic E-state index is 12.0. The first kappa shape index (κ1) is 36.8. The van der Waals surface area contributed by atoms with Crippen LogP contribution < -0.4 is 16.0 Å². The van der Waals surface area contributed by atoms with Crippen molar-refractivity contribution in [3.63, 3.8) is 0 Å². The predicted molar refractivity (Wildman–Crippen MR) is 170 cm³/mol. The SMILES string of the molecule is CCC(=O)N[C@H]1C[C@@H](n2cnc3c(N[C@H](CO)Cc4ccccc4)nc(NCCN4CCCCC4)nc32)[C@H](O)[C@@H]1O.O=C(O)C(F)(F)F. The van der Waals surface area contributed by atoms with E-state index in [2.05, 4.69) is 25.8 Å². The Morgan fingerprint density at radius 1 is 1.06 bits per heavy atom. The molecule has 3 heterocycles. The molecule has 2 fully saturated rings. The summed E-state index contributed by atoms with van der Waals surface area (Å²) in [5.74, 6) is -2.04. The number of aliphatic carboxylic acids is 1. The van der Waals surface area contributed by atoms with Gasteiger partial charge in [-0.2, -0.15) is 23.1 Å². The van der Waals surface area contributed by atoms with Crippen LogP contribution in [0.25, 0.3) is 11.2 Å². The molecule has 0 bridgehead atoms. The van der Waals surface area contributed by atoms with Gasteiger partial charge in [-0.25, -0.2) is 9.78 Å². The van der Waals surface area contributed by atoms with Gasteiger partial charge in [0, 0.05) is 19.5 Å². The highest BCUT2D eigenvalue weighted by atomic mass is 19.4. The van der Waals surface area contributed by atoms with Crippen LogP contribution in [0.1, 0.15) is 50.6 Å². The van der Waals surface area contributed by atoms with E-state index in [0.29, 0.717) is 48.7 Å². The third-order valence-corrected chi connectivity index (χ3v) is 8.39. The van der Waals surface area contributed by atoms with Gasteiger partial charge < -0.3 is 45.8 Å². The number of amides is 1. The van der Waals surface area contributed by atoms with E-state index < -0.39 is 36.4 Å². The normalized spacial score (nSPS) is 22.1. The number of anilines is 2. The van der Waals surface area contributed by atoms with Crippen LogP contribution in [0.15, 0.2) is 36.7 Å². The minimum Gasteiger partial charge on any atom is -0.475 e. The zero-order valence-electron chi connectivity index (χ0n) is 26.6. The fraction of sp³-hybridized carbons (Fsp3) is 0.581. The molecule has 5 atom stereocenters. The number of carboxylic acid groups (broad SMARTS) is 1. The molecule has 0 spiro atoms. The number of aliphatic hydroxyl groups excluding tert-OH is 3. The van der Waals surface area contributed by atoms with Crippen molar-refractivity contribution >= 4 is 34.8 Å². The number of hydrogen-bond acceptors (Lipinski definition) is 11. The van der Waals surface area contributed by atoms with E-state index in [1.807, 2.05) is 30.3 Å². The molecule has 0 unspecified atom stereocenters. The minimum absolute atomic E-state index is 0.106. The Morgan fingerprint density at radius 3 is 2.38 bits per heavy atom. The maximum atomic E-state index is 12.0. The van der Waals surface area contributed by atoms with Crippen LogP contribution in [0.3, 0.4) is 0 Å². The molecule has 17 heteroatoms. The minimum atomic E-state index is -5.08. The van der Waals surface area contributed by atoms with Crippen molar-refractivity contribution < 1.29 is 43.2 Å². The summed E-state index contributed by atoms with van der Waals surface area (Å²) >= 11 is 0. The lowest BCUT2D eigenvalue weighted by molar-refractivity contribution is -0.192. The topological polar surface area (TPSA) is 198 Å². The average Bonchev–Trinajstić information content (AvgIpc) is 3.61. The quantitative estimate of drug-likeness (QED) is 0.147. The van der Waals surface area contributed by atoms with E-state index in [4.69, 9.17) is 19.9 Å². The van der Waals surface area contributed by atoms with Gasteiger partial charge in [-0.05, 0) is 44.3 Å². The first-order valence-corrected chi connectivity index (χ1v) is 16.0. The van der Waals surface area contributed by atoms with Gasteiger partial charge in [0.25, 0.3) is 0 Å². The predicted octanol–water partition coefficient (Wildman–Crippen LogP) is 1.93. The number of alkyl halides is 3. The van der Waals surface area contributed by atoms with Crippen molar-refractivity contribution in [2.75, 3.05) is 43.4 Å². The lowest BCUT2D eigenvalue weighted by Gasteiger charge is -2.26. The zero-order chi connectivity index (χ0) is 34.8. The van der Waals surface area contributed by atoms with E-state index in [1.54, 1.807) is 17.8 Å². The second-order valence-electron chi connectivity index (χ2n) is 11.9. The average molecular weight is 681 g/mol. The number of carbonyl (C=O) groups is 2.